The summed E-state index contributed by atoms with van der Waals surface area (Å²) in [5.41, 5.74) is 3.77. The van der Waals surface area contributed by atoms with E-state index in [1.807, 2.05) is 32.2 Å². The number of ether oxygens (including phenoxy) is 1. The molecule has 0 saturated heterocycles. The Kier molecular flexibility index (Phi) is 4.45. The van der Waals surface area contributed by atoms with E-state index in [4.69, 9.17) is 4.74 Å². The predicted octanol–water partition coefficient (Wildman–Crippen LogP) is 4.24. The van der Waals surface area contributed by atoms with Gasteiger partial charge >= 0.3 is 0 Å². The van der Waals surface area contributed by atoms with E-state index in [1.54, 1.807) is 0 Å². The van der Waals surface area contributed by atoms with Gasteiger partial charge in [-0.15, -0.1) is 0 Å². The molecule has 0 aliphatic heterocycles. The third kappa shape index (κ3) is 3.49. The van der Waals surface area contributed by atoms with Crippen LogP contribution in [0.4, 0.5) is 0 Å². The molecule has 0 fully saturated rings. The molecular weight excluding hydrogens is 272 g/mol. The molecule has 114 valence electrons. The highest BCUT2D eigenvalue weighted by atomic mass is 16.5. The van der Waals surface area contributed by atoms with Gasteiger partial charge in [0, 0.05) is 30.2 Å². The molecule has 0 atom stereocenters. The average molecular weight is 294 g/mol. The number of hydrogen-bond acceptors (Lipinski definition) is 2. The van der Waals surface area contributed by atoms with Gasteiger partial charge in [-0.3, -0.25) is 0 Å². The molecule has 1 aromatic heterocycles. The van der Waals surface area contributed by atoms with Crippen molar-refractivity contribution in [3.8, 4) is 5.75 Å². The molecule has 0 radical (unpaired) electrons. The molecule has 2 aromatic carbocycles. The van der Waals surface area contributed by atoms with E-state index >= 15 is 0 Å². The van der Waals surface area contributed by atoms with Gasteiger partial charge in [0.05, 0.1) is 6.10 Å². The summed E-state index contributed by atoms with van der Waals surface area (Å²) < 4.78 is 5.66. The Hall–Kier alpha value is -2.26. The first-order chi connectivity index (χ1) is 10.7. The number of hydrogen-bond donors (Lipinski definition) is 2. The smallest absolute Gasteiger partial charge is 0.119 e. The lowest BCUT2D eigenvalue weighted by Gasteiger charge is -2.10. The lowest BCUT2D eigenvalue weighted by Crippen LogP contribution is -2.13. The second-order valence-corrected chi connectivity index (χ2v) is 5.77. The van der Waals surface area contributed by atoms with Crippen molar-refractivity contribution in [1.29, 1.82) is 0 Å². The Morgan fingerprint density at radius 1 is 1.00 bits per heavy atom. The molecule has 0 bridgehead atoms. The number of nitrogens with one attached hydrogen (secondary N) is 2. The SMILES string of the molecule is CC(C)Oc1ccc(CNCc2cccc3[nH]ccc23)cc1. The Morgan fingerprint density at radius 2 is 1.82 bits per heavy atom. The van der Waals surface area contributed by atoms with E-state index in [0.29, 0.717) is 0 Å². The van der Waals surface area contributed by atoms with Crippen molar-refractivity contribution in [2.75, 3.05) is 0 Å². The zero-order valence-corrected chi connectivity index (χ0v) is 13.1. The van der Waals surface area contributed by atoms with Gasteiger partial charge in [0.2, 0.25) is 0 Å². The Labute approximate surface area is 131 Å². The molecule has 0 aliphatic rings. The highest BCUT2D eigenvalue weighted by Crippen LogP contribution is 2.17. The molecule has 0 aliphatic carbocycles. The lowest BCUT2D eigenvalue weighted by molar-refractivity contribution is 0.242. The highest BCUT2D eigenvalue weighted by Gasteiger charge is 2.02. The summed E-state index contributed by atoms with van der Waals surface area (Å²) in [5, 5.41) is 4.79. The van der Waals surface area contributed by atoms with Crippen molar-refractivity contribution < 1.29 is 4.74 Å². The van der Waals surface area contributed by atoms with Gasteiger partial charge in [0.25, 0.3) is 0 Å². The molecule has 3 heteroatoms. The van der Waals surface area contributed by atoms with Crippen molar-refractivity contribution in [3.05, 3.63) is 65.9 Å². The van der Waals surface area contributed by atoms with E-state index in [-0.39, 0.29) is 6.10 Å². The van der Waals surface area contributed by atoms with Gasteiger partial charge < -0.3 is 15.0 Å². The Balaban J connectivity index is 1.58. The van der Waals surface area contributed by atoms with Crippen LogP contribution in [0.15, 0.2) is 54.7 Å². The minimum atomic E-state index is 0.214. The first-order valence-corrected chi connectivity index (χ1v) is 7.73. The average Bonchev–Trinajstić information content (AvgIpc) is 2.98. The van der Waals surface area contributed by atoms with Gasteiger partial charge in [0.15, 0.2) is 0 Å². The molecule has 0 spiro atoms. The summed E-state index contributed by atoms with van der Waals surface area (Å²) in [6.45, 7) is 5.79. The fraction of sp³-hybridized carbons (Fsp3) is 0.263. The molecule has 0 unspecified atom stereocenters. The fourth-order valence-corrected chi connectivity index (χ4v) is 2.60. The second kappa shape index (κ2) is 6.67. The van der Waals surface area contributed by atoms with Crippen LogP contribution in [-0.4, -0.2) is 11.1 Å². The van der Waals surface area contributed by atoms with Crippen LogP contribution < -0.4 is 10.1 Å². The van der Waals surface area contributed by atoms with E-state index in [1.165, 1.54) is 22.0 Å². The third-order valence-electron chi connectivity index (χ3n) is 3.62. The van der Waals surface area contributed by atoms with Crippen LogP contribution in [0.5, 0.6) is 5.75 Å². The van der Waals surface area contributed by atoms with Crippen LogP contribution >= 0.6 is 0 Å². The summed E-state index contributed by atoms with van der Waals surface area (Å²) in [7, 11) is 0. The van der Waals surface area contributed by atoms with Gasteiger partial charge in [0.1, 0.15) is 5.75 Å². The summed E-state index contributed by atoms with van der Waals surface area (Å²) in [6.07, 6.45) is 2.20. The maximum atomic E-state index is 5.66. The molecular formula is C19H22N2O. The maximum absolute atomic E-state index is 5.66. The zero-order valence-electron chi connectivity index (χ0n) is 13.1. The number of aromatic nitrogens is 1. The molecule has 3 nitrogen and oxygen atoms in total. The van der Waals surface area contributed by atoms with Crippen molar-refractivity contribution >= 4 is 10.9 Å². The third-order valence-corrected chi connectivity index (χ3v) is 3.62. The number of H-pyrrole nitrogens is 1. The molecule has 0 amide bonds. The standard InChI is InChI=1S/C19H22N2O/c1-14(2)22-17-8-6-15(7-9-17)12-20-13-16-4-3-5-19-18(16)10-11-21-19/h3-11,14,20-21H,12-13H2,1-2H3. The number of aromatic amines is 1. The molecule has 1 heterocycles. The fourth-order valence-electron chi connectivity index (χ4n) is 2.60. The molecule has 3 aromatic rings. The summed E-state index contributed by atoms with van der Waals surface area (Å²) >= 11 is 0. The normalized spacial score (nSPS) is 11.2. The minimum absolute atomic E-state index is 0.214. The molecule has 3 rings (SSSR count). The Morgan fingerprint density at radius 3 is 2.59 bits per heavy atom. The van der Waals surface area contributed by atoms with Gasteiger partial charge in [-0.25, -0.2) is 0 Å². The molecule has 0 saturated carbocycles. The van der Waals surface area contributed by atoms with Crippen molar-refractivity contribution in [1.82, 2.24) is 10.3 Å². The molecule has 2 N–H and O–H groups in total. The van der Waals surface area contributed by atoms with Crippen molar-refractivity contribution in [2.24, 2.45) is 0 Å². The number of rotatable bonds is 6. The van der Waals surface area contributed by atoms with Crippen LogP contribution in [0, 0.1) is 0 Å². The minimum Gasteiger partial charge on any atom is -0.491 e. The predicted molar refractivity (Wildman–Crippen MR) is 91.0 cm³/mol. The second-order valence-electron chi connectivity index (χ2n) is 5.77. The van der Waals surface area contributed by atoms with Crippen LogP contribution in [0.1, 0.15) is 25.0 Å². The van der Waals surface area contributed by atoms with Gasteiger partial charge in [-0.2, -0.15) is 0 Å². The quantitative estimate of drug-likeness (QED) is 0.713. The molecule has 22 heavy (non-hydrogen) atoms. The highest BCUT2D eigenvalue weighted by molar-refractivity contribution is 5.82. The largest absolute Gasteiger partial charge is 0.491 e. The van der Waals surface area contributed by atoms with Crippen LogP contribution in [0.3, 0.4) is 0 Å². The monoisotopic (exact) mass is 294 g/mol. The summed E-state index contributed by atoms with van der Waals surface area (Å²) in [4.78, 5) is 3.25. The van der Waals surface area contributed by atoms with Crippen LogP contribution in [-0.2, 0) is 13.1 Å². The summed E-state index contributed by atoms with van der Waals surface area (Å²) in [6, 6.07) is 16.8. The van der Waals surface area contributed by atoms with E-state index in [0.717, 1.165) is 18.8 Å². The van der Waals surface area contributed by atoms with Crippen LogP contribution in [0.25, 0.3) is 10.9 Å². The first kappa shape index (κ1) is 14.7. The summed E-state index contributed by atoms with van der Waals surface area (Å²) in [5.74, 6) is 0.927. The number of benzene rings is 2. The van der Waals surface area contributed by atoms with Crippen molar-refractivity contribution in [3.63, 3.8) is 0 Å². The van der Waals surface area contributed by atoms with Crippen LogP contribution in [0.2, 0.25) is 0 Å². The van der Waals surface area contributed by atoms with E-state index < -0.39 is 0 Å². The number of fused-ring (bicyclic) bond motifs is 1. The lowest BCUT2D eigenvalue weighted by atomic mass is 10.1. The zero-order chi connectivity index (χ0) is 15.4. The van der Waals surface area contributed by atoms with Crippen molar-refractivity contribution in [2.45, 2.75) is 33.0 Å². The topological polar surface area (TPSA) is 37.0 Å². The first-order valence-electron chi connectivity index (χ1n) is 7.73. The maximum Gasteiger partial charge on any atom is 0.119 e. The Bertz CT molecular complexity index is 729. The van der Waals surface area contributed by atoms with Gasteiger partial charge in [-0.1, -0.05) is 24.3 Å². The van der Waals surface area contributed by atoms with E-state index in [2.05, 4.69) is 46.7 Å². The van der Waals surface area contributed by atoms with Gasteiger partial charge in [-0.05, 0) is 49.2 Å². The van der Waals surface area contributed by atoms with E-state index in [9.17, 15) is 0 Å².